The van der Waals surface area contributed by atoms with Crippen LogP contribution >= 0.6 is 0 Å². The van der Waals surface area contributed by atoms with Crippen LogP contribution in [0.4, 0.5) is 4.79 Å². The van der Waals surface area contributed by atoms with E-state index in [1.807, 2.05) is 29.2 Å². The molecule has 1 fully saturated rings. The summed E-state index contributed by atoms with van der Waals surface area (Å²) in [7, 11) is 0. The second-order valence-electron chi connectivity index (χ2n) is 6.74. The van der Waals surface area contributed by atoms with Gasteiger partial charge in [0.1, 0.15) is 6.26 Å². The highest BCUT2D eigenvalue weighted by atomic mass is 16.3. The van der Waals surface area contributed by atoms with E-state index in [-0.39, 0.29) is 6.03 Å². The van der Waals surface area contributed by atoms with Gasteiger partial charge >= 0.3 is 6.03 Å². The van der Waals surface area contributed by atoms with Crippen molar-refractivity contribution in [2.45, 2.75) is 52.0 Å². The van der Waals surface area contributed by atoms with Crippen LogP contribution in [0.1, 0.15) is 43.9 Å². The van der Waals surface area contributed by atoms with E-state index in [0.717, 1.165) is 37.1 Å². The smallest absolute Gasteiger partial charge is 0.317 e. The summed E-state index contributed by atoms with van der Waals surface area (Å²) in [6, 6.07) is 8.54. The second-order valence-corrected chi connectivity index (χ2v) is 6.74. The number of aromatic nitrogens is 1. The number of amides is 2. The number of aryl methyl sites for hydroxylation is 1. The molecule has 5 nitrogen and oxygen atoms in total. The number of oxazole rings is 1. The maximum Gasteiger partial charge on any atom is 0.317 e. The van der Waals surface area contributed by atoms with Gasteiger partial charge in [0.2, 0.25) is 5.89 Å². The highest BCUT2D eigenvalue weighted by molar-refractivity contribution is 5.74. The van der Waals surface area contributed by atoms with E-state index in [1.54, 1.807) is 6.26 Å². The molecule has 25 heavy (non-hydrogen) atoms. The molecule has 1 aromatic heterocycles. The first-order valence-corrected chi connectivity index (χ1v) is 9.23. The maximum absolute atomic E-state index is 12.4. The Labute approximate surface area is 149 Å². The highest BCUT2D eigenvalue weighted by Crippen LogP contribution is 2.20. The Kier molecular flexibility index (Phi) is 5.74. The number of likely N-dealkylation sites (tertiary alicyclic amines) is 1. The summed E-state index contributed by atoms with van der Waals surface area (Å²) in [6.07, 6.45) is 6.82. The first-order valence-electron chi connectivity index (χ1n) is 9.23. The van der Waals surface area contributed by atoms with Gasteiger partial charge in [0.05, 0.1) is 5.69 Å². The predicted molar refractivity (Wildman–Crippen MR) is 98.4 cm³/mol. The van der Waals surface area contributed by atoms with E-state index >= 15 is 0 Å². The first kappa shape index (κ1) is 17.5. The zero-order valence-corrected chi connectivity index (χ0v) is 15.1. The largest absolute Gasteiger partial charge is 0.444 e. The minimum Gasteiger partial charge on any atom is -0.444 e. The van der Waals surface area contributed by atoms with E-state index in [4.69, 9.17) is 4.42 Å². The van der Waals surface area contributed by atoms with Crippen molar-refractivity contribution >= 4 is 6.03 Å². The molecule has 1 N–H and O–H groups in total. The van der Waals surface area contributed by atoms with Gasteiger partial charge in [-0.25, -0.2) is 9.78 Å². The lowest BCUT2D eigenvalue weighted by Crippen LogP contribution is -2.48. The summed E-state index contributed by atoms with van der Waals surface area (Å²) in [5, 5.41) is 3.03. The van der Waals surface area contributed by atoms with Crippen LogP contribution in [0.3, 0.4) is 0 Å². The third-order valence-corrected chi connectivity index (χ3v) is 4.87. The molecule has 5 heteroatoms. The van der Waals surface area contributed by atoms with Crippen molar-refractivity contribution in [1.29, 1.82) is 0 Å². The summed E-state index contributed by atoms with van der Waals surface area (Å²) in [5.41, 5.74) is 3.04. The van der Waals surface area contributed by atoms with Gasteiger partial charge in [0.25, 0.3) is 0 Å². The second kappa shape index (κ2) is 8.19. The lowest BCUT2D eigenvalue weighted by molar-refractivity contribution is 0.149. The summed E-state index contributed by atoms with van der Waals surface area (Å²) < 4.78 is 5.56. The molecule has 1 aliphatic rings. The average Bonchev–Trinajstić information content (AvgIpc) is 3.11. The molecular formula is C20H27N3O2. The normalized spacial score (nSPS) is 17.5. The fraction of sp³-hybridized carbons (Fsp3) is 0.500. The SMILES string of the molecule is CCC1CCCCN1C(=O)NCCc1coc(-c2ccc(C)cc2)n1. The molecule has 1 saturated heterocycles. The van der Waals surface area contributed by atoms with Crippen molar-refractivity contribution in [2.24, 2.45) is 0 Å². The molecule has 1 unspecified atom stereocenters. The van der Waals surface area contributed by atoms with E-state index in [2.05, 4.69) is 24.1 Å². The number of nitrogens with one attached hydrogen (secondary N) is 1. The van der Waals surface area contributed by atoms with Gasteiger partial charge in [-0.05, 0) is 44.7 Å². The van der Waals surface area contributed by atoms with Gasteiger partial charge < -0.3 is 14.6 Å². The average molecular weight is 341 g/mol. The molecule has 2 heterocycles. The molecule has 0 spiro atoms. The van der Waals surface area contributed by atoms with Crippen molar-refractivity contribution in [3.05, 3.63) is 41.8 Å². The van der Waals surface area contributed by atoms with Gasteiger partial charge in [-0.2, -0.15) is 0 Å². The van der Waals surface area contributed by atoms with Crippen LogP contribution < -0.4 is 5.32 Å². The summed E-state index contributed by atoms with van der Waals surface area (Å²) >= 11 is 0. The van der Waals surface area contributed by atoms with Crippen LogP contribution in [0, 0.1) is 6.92 Å². The van der Waals surface area contributed by atoms with Crippen LogP contribution in [0.5, 0.6) is 0 Å². The fourth-order valence-corrected chi connectivity index (χ4v) is 3.34. The molecule has 1 atom stereocenters. The number of nitrogens with zero attached hydrogens (tertiary/aromatic N) is 2. The molecular weight excluding hydrogens is 314 g/mol. The Balaban J connectivity index is 1.50. The van der Waals surface area contributed by atoms with Gasteiger partial charge in [0.15, 0.2) is 0 Å². The van der Waals surface area contributed by atoms with Crippen LogP contribution in [0.2, 0.25) is 0 Å². The minimum absolute atomic E-state index is 0.0498. The zero-order valence-electron chi connectivity index (χ0n) is 15.1. The third-order valence-electron chi connectivity index (χ3n) is 4.87. The maximum atomic E-state index is 12.4. The quantitative estimate of drug-likeness (QED) is 0.888. The van der Waals surface area contributed by atoms with Crippen molar-refractivity contribution in [3.8, 4) is 11.5 Å². The molecule has 2 amide bonds. The molecule has 0 saturated carbocycles. The van der Waals surface area contributed by atoms with E-state index in [9.17, 15) is 4.79 Å². The Morgan fingerprint density at radius 2 is 2.12 bits per heavy atom. The number of rotatable bonds is 5. The van der Waals surface area contributed by atoms with E-state index in [1.165, 1.54) is 12.0 Å². The lowest BCUT2D eigenvalue weighted by atomic mass is 10.0. The van der Waals surface area contributed by atoms with Gasteiger partial charge in [0, 0.05) is 31.1 Å². The van der Waals surface area contributed by atoms with Crippen molar-refractivity contribution in [3.63, 3.8) is 0 Å². The van der Waals surface area contributed by atoms with E-state index in [0.29, 0.717) is 24.9 Å². The predicted octanol–water partition coefficient (Wildman–Crippen LogP) is 4.17. The Morgan fingerprint density at radius 3 is 2.88 bits per heavy atom. The van der Waals surface area contributed by atoms with Gasteiger partial charge in [-0.1, -0.05) is 24.6 Å². The molecule has 3 rings (SSSR count). The van der Waals surface area contributed by atoms with Crippen molar-refractivity contribution in [2.75, 3.05) is 13.1 Å². The highest BCUT2D eigenvalue weighted by Gasteiger charge is 2.24. The summed E-state index contributed by atoms with van der Waals surface area (Å²) in [5.74, 6) is 0.628. The number of carbonyl (C=O) groups excluding carboxylic acids is 1. The van der Waals surface area contributed by atoms with E-state index < -0.39 is 0 Å². The zero-order chi connectivity index (χ0) is 17.6. The number of piperidine rings is 1. The molecule has 0 radical (unpaired) electrons. The molecule has 2 aromatic rings. The van der Waals surface area contributed by atoms with Crippen LogP contribution in [-0.2, 0) is 6.42 Å². The number of benzene rings is 1. The number of hydrogen-bond acceptors (Lipinski definition) is 3. The summed E-state index contributed by atoms with van der Waals surface area (Å²) in [4.78, 5) is 18.9. The molecule has 1 aliphatic heterocycles. The van der Waals surface area contributed by atoms with Crippen LogP contribution in [0.15, 0.2) is 34.9 Å². The number of urea groups is 1. The number of hydrogen-bond donors (Lipinski definition) is 1. The Hall–Kier alpha value is -2.30. The Bertz CT molecular complexity index is 693. The number of carbonyl (C=O) groups is 1. The monoisotopic (exact) mass is 341 g/mol. The topological polar surface area (TPSA) is 58.4 Å². The molecule has 134 valence electrons. The van der Waals surface area contributed by atoms with Crippen molar-refractivity contribution < 1.29 is 9.21 Å². The molecule has 0 aliphatic carbocycles. The fourth-order valence-electron chi connectivity index (χ4n) is 3.34. The first-order chi connectivity index (χ1) is 12.2. The Morgan fingerprint density at radius 1 is 1.32 bits per heavy atom. The van der Waals surface area contributed by atoms with Crippen LogP contribution in [0.25, 0.3) is 11.5 Å². The summed E-state index contributed by atoms with van der Waals surface area (Å²) in [6.45, 7) is 5.65. The minimum atomic E-state index is 0.0498. The third kappa shape index (κ3) is 4.41. The van der Waals surface area contributed by atoms with Gasteiger partial charge in [-0.15, -0.1) is 0 Å². The molecule has 0 bridgehead atoms. The lowest BCUT2D eigenvalue weighted by Gasteiger charge is -2.35. The van der Waals surface area contributed by atoms with Crippen molar-refractivity contribution in [1.82, 2.24) is 15.2 Å². The standard InChI is InChI=1S/C20H27N3O2/c1-3-18-6-4-5-13-23(18)20(24)21-12-11-17-14-25-19(22-17)16-9-7-15(2)8-10-16/h7-10,14,18H,3-6,11-13H2,1-2H3,(H,21,24). The van der Waals surface area contributed by atoms with Crippen LogP contribution in [-0.4, -0.2) is 35.0 Å². The molecule has 1 aromatic carbocycles. The van der Waals surface area contributed by atoms with Gasteiger partial charge in [-0.3, -0.25) is 0 Å².